The minimum atomic E-state index is -3.38. The number of halogens is 1. The van der Waals surface area contributed by atoms with Gasteiger partial charge in [0.05, 0.1) is 4.90 Å². The average Bonchev–Trinajstić information content (AvgIpc) is 2.75. The molecule has 1 atom stereocenters. The minimum Gasteiger partial charge on any atom is -0.303 e. The van der Waals surface area contributed by atoms with Gasteiger partial charge in [0.2, 0.25) is 10.0 Å². The number of rotatable bonds is 5. The summed E-state index contributed by atoms with van der Waals surface area (Å²) in [5, 5.41) is 0. The van der Waals surface area contributed by atoms with Gasteiger partial charge in [-0.3, -0.25) is 0 Å². The summed E-state index contributed by atoms with van der Waals surface area (Å²) >= 11 is 3.30. The molecule has 0 bridgehead atoms. The molecule has 0 amide bonds. The Bertz CT molecular complexity index is 516. The fourth-order valence-electron chi connectivity index (χ4n) is 2.40. The molecule has 2 rings (SSSR count). The summed E-state index contributed by atoms with van der Waals surface area (Å²) < 4.78 is 27.7. The Morgan fingerprint density at radius 3 is 2.63 bits per heavy atom. The summed E-state index contributed by atoms with van der Waals surface area (Å²) in [6, 6.07) is 7.19. The smallest absolute Gasteiger partial charge is 0.240 e. The Balaban J connectivity index is 1.89. The average molecular weight is 347 g/mol. The molecular weight excluding hydrogens is 328 g/mol. The molecule has 1 heterocycles. The molecular formula is C13H19BrN2O2S. The van der Waals surface area contributed by atoms with E-state index in [4.69, 9.17) is 0 Å². The van der Waals surface area contributed by atoms with Crippen LogP contribution in [0.3, 0.4) is 0 Å². The topological polar surface area (TPSA) is 49.4 Å². The van der Waals surface area contributed by atoms with Crippen LogP contribution < -0.4 is 4.72 Å². The van der Waals surface area contributed by atoms with Gasteiger partial charge in [-0.15, -0.1) is 0 Å². The van der Waals surface area contributed by atoms with Crippen LogP contribution >= 0.6 is 15.9 Å². The fourth-order valence-corrected chi connectivity index (χ4v) is 3.71. The summed E-state index contributed by atoms with van der Waals surface area (Å²) in [7, 11) is -1.28. The van der Waals surface area contributed by atoms with Crippen molar-refractivity contribution < 1.29 is 8.42 Å². The van der Waals surface area contributed by atoms with Gasteiger partial charge in [-0.2, -0.15) is 0 Å². The SMILES string of the molecule is CN1CCC[C@H]1CCNS(=O)(=O)c1ccc(Br)cc1. The molecule has 4 nitrogen and oxygen atoms in total. The van der Waals surface area contributed by atoms with E-state index >= 15 is 0 Å². The monoisotopic (exact) mass is 346 g/mol. The summed E-state index contributed by atoms with van der Waals surface area (Å²) in [5.74, 6) is 0. The Hall–Kier alpha value is -0.430. The summed E-state index contributed by atoms with van der Waals surface area (Å²) in [5.41, 5.74) is 0. The van der Waals surface area contributed by atoms with Crippen molar-refractivity contribution in [2.45, 2.75) is 30.2 Å². The predicted molar refractivity (Wildman–Crippen MR) is 79.6 cm³/mol. The van der Waals surface area contributed by atoms with Crippen molar-refractivity contribution in [3.05, 3.63) is 28.7 Å². The summed E-state index contributed by atoms with van der Waals surface area (Å²) in [4.78, 5) is 2.61. The van der Waals surface area contributed by atoms with Crippen molar-refractivity contribution >= 4 is 26.0 Å². The molecule has 106 valence electrons. The molecule has 0 radical (unpaired) electrons. The highest BCUT2D eigenvalue weighted by Gasteiger charge is 2.21. The van der Waals surface area contributed by atoms with Crippen LogP contribution in [0.1, 0.15) is 19.3 Å². The van der Waals surface area contributed by atoms with Crippen molar-refractivity contribution in [2.24, 2.45) is 0 Å². The van der Waals surface area contributed by atoms with Crippen LogP contribution in [0, 0.1) is 0 Å². The Morgan fingerprint density at radius 2 is 2.05 bits per heavy atom. The van der Waals surface area contributed by atoms with E-state index in [9.17, 15) is 8.42 Å². The molecule has 0 aliphatic carbocycles. The van der Waals surface area contributed by atoms with E-state index in [1.807, 2.05) is 0 Å². The van der Waals surface area contributed by atoms with Gasteiger partial charge < -0.3 is 4.90 Å². The van der Waals surface area contributed by atoms with Crippen LogP contribution in [-0.2, 0) is 10.0 Å². The molecule has 1 fully saturated rings. The van der Waals surface area contributed by atoms with Gasteiger partial charge in [-0.1, -0.05) is 15.9 Å². The lowest BCUT2D eigenvalue weighted by Gasteiger charge is -2.19. The maximum absolute atomic E-state index is 12.1. The van der Waals surface area contributed by atoms with E-state index in [0.29, 0.717) is 17.5 Å². The quantitative estimate of drug-likeness (QED) is 0.889. The highest BCUT2D eigenvalue weighted by molar-refractivity contribution is 9.10. The molecule has 6 heteroatoms. The second-order valence-electron chi connectivity index (χ2n) is 4.92. The zero-order valence-corrected chi connectivity index (χ0v) is 13.4. The van der Waals surface area contributed by atoms with Gasteiger partial charge in [0.15, 0.2) is 0 Å². The van der Waals surface area contributed by atoms with E-state index in [-0.39, 0.29) is 0 Å². The van der Waals surface area contributed by atoms with E-state index in [1.54, 1.807) is 24.3 Å². The van der Waals surface area contributed by atoms with Gasteiger partial charge >= 0.3 is 0 Å². The zero-order chi connectivity index (χ0) is 13.9. The van der Waals surface area contributed by atoms with Gasteiger partial charge in [-0.05, 0) is 57.1 Å². The second-order valence-corrected chi connectivity index (χ2v) is 7.60. The maximum Gasteiger partial charge on any atom is 0.240 e. The molecule has 0 unspecified atom stereocenters. The van der Waals surface area contributed by atoms with Gasteiger partial charge in [0, 0.05) is 17.1 Å². The third-order valence-corrected chi connectivity index (χ3v) is 5.57. The largest absolute Gasteiger partial charge is 0.303 e. The Labute approximate surface area is 123 Å². The number of likely N-dealkylation sites (tertiary alicyclic amines) is 1. The van der Waals surface area contributed by atoms with Crippen molar-refractivity contribution in [2.75, 3.05) is 20.1 Å². The van der Waals surface area contributed by atoms with Crippen LogP contribution in [0.25, 0.3) is 0 Å². The number of nitrogens with zero attached hydrogens (tertiary/aromatic N) is 1. The molecule has 19 heavy (non-hydrogen) atoms. The van der Waals surface area contributed by atoms with Crippen LogP contribution in [-0.4, -0.2) is 39.5 Å². The number of hydrogen-bond acceptors (Lipinski definition) is 3. The molecule has 0 saturated carbocycles. The molecule has 1 N–H and O–H groups in total. The molecule has 0 spiro atoms. The molecule has 1 aliphatic heterocycles. The van der Waals surface area contributed by atoms with Gasteiger partial charge in [-0.25, -0.2) is 13.1 Å². The lowest BCUT2D eigenvalue weighted by molar-refractivity contribution is 0.297. The zero-order valence-electron chi connectivity index (χ0n) is 11.0. The van der Waals surface area contributed by atoms with Gasteiger partial charge in [0.25, 0.3) is 0 Å². The first-order valence-corrected chi connectivity index (χ1v) is 8.72. The van der Waals surface area contributed by atoms with Crippen molar-refractivity contribution in [3.63, 3.8) is 0 Å². The Kier molecular flexibility index (Phi) is 5.00. The highest BCUT2D eigenvalue weighted by atomic mass is 79.9. The summed E-state index contributed by atoms with van der Waals surface area (Å²) in [6.07, 6.45) is 3.24. The first-order chi connectivity index (χ1) is 8.99. The van der Waals surface area contributed by atoms with Crippen LogP contribution in [0.5, 0.6) is 0 Å². The number of sulfonamides is 1. The van der Waals surface area contributed by atoms with Crippen molar-refractivity contribution in [1.82, 2.24) is 9.62 Å². The lowest BCUT2D eigenvalue weighted by Crippen LogP contribution is -2.31. The molecule has 1 aliphatic rings. The van der Waals surface area contributed by atoms with E-state index < -0.39 is 10.0 Å². The molecule has 1 aromatic rings. The third kappa shape index (κ3) is 4.02. The molecule has 1 saturated heterocycles. The first kappa shape index (κ1) is 15.0. The fraction of sp³-hybridized carbons (Fsp3) is 0.538. The molecule has 0 aromatic heterocycles. The normalized spacial score (nSPS) is 20.8. The van der Waals surface area contributed by atoms with Crippen LogP contribution in [0.4, 0.5) is 0 Å². The van der Waals surface area contributed by atoms with Crippen LogP contribution in [0.15, 0.2) is 33.6 Å². The predicted octanol–water partition coefficient (Wildman–Crippen LogP) is 2.21. The van der Waals surface area contributed by atoms with Gasteiger partial charge in [0.1, 0.15) is 0 Å². The van der Waals surface area contributed by atoms with Crippen molar-refractivity contribution in [1.29, 1.82) is 0 Å². The maximum atomic E-state index is 12.1. The third-order valence-electron chi connectivity index (χ3n) is 3.57. The van der Waals surface area contributed by atoms with Crippen LogP contribution in [0.2, 0.25) is 0 Å². The first-order valence-electron chi connectivity index (χ1n) is 6.44. The standard InChI is InChI=1S/C13H19BrN2O2S/c1-16-10-2-3-12(16)8-9-15-19(17,18)13-6-4-11(14)5-7-13/h4-7,12,15H,2-3,8-10H2,1H3/t12-/m0/s1. The Morgan fingerprint density at radius 1 is 1.37 bits per heavy atom. The lowest BCUT2D eigenvalue weighted by atomic mass is 10.1. The van der Waals surface area contributed by atoms with E-state index in [0.717, 1.165) is 23.9 Å². The number of nitrogens with one attached hydrogen (secondary N) is 1. The number of hydrogen-bond donors (Lipinski definition) is 1. The second kappa shape index (κ2) is 6.35. The summed E-state index contributed by atoms with van der Waals surface area (Å²) in [6.45, 7) is 1.61. The van der Waals surface area contributed by atoms with E-state index in [2.05, 4.69) is 32.6 Å². The highest BCUT2D eigenvalue weighted by Crippen LogP contribution is 2.18. The molecule has 1 aromatic carbocycles. The van der Waals surface area contributed by atoms with E-state index in [1.165, 1.54) is 6.42 Å². The number of benzene rings is 1. The minimum absolute atomic E-state index is 0.315. The van der Waals surface area contributed by atoms with Crippen molar-refractivity contribution in [3.8, 4) is 0 Å².